The molecule has 0 saturated carbocycles. The molecule has 0 unspecified atom stereocenters. The number of hydrogen-bond acceptors (Lipinski definition) is 6. The number of nitrogens with one attached hydrogen (secondary N) is 2. The van der Waals surface area contributed by atoms with E-state index in [2.05, 4.69) is 29.9 Å². The minimum Gasteiger partial charge on any atom is -0.350 e. The number of aromatic amines is 2. The highest BCUT2D eigenvalue weighted by molar-refractivity contribution is 5.82. The van der Waals surface area contributed by atoms with E-state index in [-0.39, 0.29) is 11.9 Å². The van der Waals surface area contributed by atoms with Crippen molar-refractivity contribution in [3.05, 3.63) is 52.8 Å². The number of hydrogen-bond donors (Lipinski definition) is 2. The lowest BCUT2D eigenvalue weighted by Crippen LogP contribution is -2.23. The molecule has 24 heavy (non-hydrogen) atoms. The molecule has 8 nitrogen and oxygen atoms in total. The second kappa shape index (κ2) is 5.37. The summed E-state index contributed by atoms with van der Waals surface area (Å²) in [6, 6.07) is 4.37. The lowest BCUT2D eigenvalue weighted by atomic mass is 10.2. The number of rotatable bonds is 3. The van der Waals surface area contributed by atoms with Crippen molar-refractivity contribution < 1.29 is 4.39 Å². The average molecular weight is 325 g/mol. The summed E-state index contributed by atoms with van der Waals surface area (Å²) in [6.07, 6.45) is 2.95. The standard InChI is InChI=1S/C15H12FN7O/c1-23(14-12-13(18-6-17-12)19-7-20-14)5-10-21-9-4-2-3-8(16)11(9)15(24)22-10/h2-4,6-7H,5H2,1H3,(H,21,22,24)(H,17,18,19,20). The molecule has 3 aromatic heterocycles. The molecule has 0 spiro atoms. The first-order chi connectivity index (χ1) is 11.6. The summed E-state index contributed by atoms with van der Waals surface area (Å²) in [6.45, 7) is 0.285. The molecule has 0 fully saturated rings. The van der Waals surface area contributed by atoms with Crippen molar-refractivity contribution in [1.29, 1.82) is 0 Å². The number of H-pyrrole nitrogens is 2. The average Bonchev–Trinajstić information content (AvgIpc) is 3.03. The summed E-state index contributed by atoms with van der Waals surface area (Å²) in [5, 5.41) is -0.0399. The Morgan fingerprint density at radius 1 is 1.25 bits per heavy atom. The smallest absolute Gasteiger partial charge is 0.261 e. The van der Waals surface area contributed by atoms with Crippen LogP contribution in [0, 0.1) is 5.82 Å². The minimum atomic E-state index is -0.587. The van der Waals surface area contributed by atoms with E-state index in [1.807, 2.05) is 0 Å². The van der Waals surface area contributed by atoms with Crippen molar-refractivity contribution >= 4 is 27.9 Å². The number of anilines is 1. The van der Waals surface area contributed by atoms with Crippen LogP contribution in [0.3, 0.4) is 0 Å². The molecule has 0 saturated heterocycles. The summed E-state index contributed by atoms with van der Waals surface area (Å²) in [5.41, 5.74) is 1.05. The monoisotopic (exact) mass is 325 g/mol. The quantitative estimate of drug-likeness (QED) is 0.589. The molecular formula is C15H12FN7O. The van der Waals surface area contributed by atoms with Crippen LogP contribution in [-0.4, -0.2) is 37.0 Å². The maximum atomic E-state index is 13.7. The molecule has 4 aromatic rings. The zero-order valence-electron chi connectivity index (χ0n) is 12.6. The summed E-state index contributed by atoms with van der Waals surface area (Å²) < 4.78 is 13.7. The topological polar surface area (TPSA) is 103 Å². The number of nitrogens with zero attached hydrogens (tertiary/aromatic N) is 5. The molecule has 120 valence electrons. The van der Waals surface area contributed by atoms with Crippen LogP contribution in [0.4, 0.5) is 10.2 Å². The van der Waals surface area contributed by atoms with Crippen LogP contribution >= 0.6 is 0 Å². The van der Waals surface area contributed by atoms with Gasteiger partial charge in [0.15, 0.2) is 11.5 Å². The van der Waals surface area contributed by atoms with Gasteiger partial charge in [0, 0.05) is 7.05 Å². The van der Waals surface area contributed by atoms with Crippen molar-refractivity contribution in [1.82, 2.24) is 29.9 Å². The van der Waals surface area contributed by atoms with Gasteiger partial charge in [-0.05, 0) is 12.1 Å². The molecule has 4 rings (SSSR count). The molecular weight excluding hydrogens is 313 g/mol. The number of fused-ring (bicyclic) bond motifs is 2. The maximum Gasteiger partial charge on any atom is 0.261 e. The molecule has 9 heteroatoms. The van der Waals surface area contributed by atoms with E-state index in [1.54, 1.807) is 18.0 Å². The molecule has 3 heterocycles. The number of halogens is 1. The normalized spacial score (nSPS) is 11.2. The van der Waals surface area contributed by atoms with Gasteiger partial charge in [0.25, 0.3) is 5.56 Å². The van der Waals surface area contributed by atoms with E-state index in [0.717, 1.165) is 0 Å². The van der Waals surface area contributed by atoms with E-state index in [0.29, 0.717) is 28.3 Å². The zero-order chi connectivity index (χ0) is 16.7. The van der Waals surface area contributed by atoms with Crippen LogP contribution in [0.15, 0.2) is 35.6 Å². The Morgan fingerprint density at radius 3 is 3.00 bits per heavy atom. The van der Waals surface area contributed by atoms with Gasteiger partial charge in [-0.25, -0.2) is 24.3 Å². The molecule has 2 N–H and O–H groups in total. The highest BCUT2D eigenvalue weighted by atomic mass is 19.1. The fourth-order valence-electron chi connectivity index (χ4n) is 2.61. The van der Waals surface area contributed by atoms with Crippen molar-refractivity contribution in [2.24, 2.45) is 0 Å². The first kappa shape index (κ1) is 14.2. The zero-order valence-corrected chi connectivity index (χ0v) is 12.6. The second-order valence-corrected chi connectivity index (χ2v) is 5.30. The lowest BCUT2D eigenvalue weighted by molar-refractivity contribution is 0.637. The van der Waals surface area contributed by atoms with Gasteiger partial charge >= 0.3 is 0 Å². The van der Waals surface area contributed by atoms with E-state index in [4.69, 9.17) is 0 Å². The molecule has 0 aliphatic heterocycles. The fourth-order valence-corrected chi connectivity index (χ4v) is 2.61. The van der Waals surface area contributed by atoms with Crippen molar-refractivity contribution in [2.45, 2.75) is 6.54 Å². The molecule has 0 radical (unpaired) electrons. The van der Waals surface area contributed by atoms with Crippen molar-refractivity contribution in [2.75, 3.05) is 11.9 Å². The van der Waals surface area contributed by atoms with Gasteiger partial charge in [0.1, 0.15) is 28.9 Å². The van der Waals surface area contributed by atoms with Crippen LogP contribution < -0.4 is 10.5 Å². The van der Waals surface area contributed by atoms with Gasteiger partial charge in [0.2, 0.25) is 0 Å². The third kappa shape index (κ3) is 2.26. The third-order valence-electron chi connectivity index (χ3n) is 3.68. The van der Waals surface area contributed by atoms with Gasteiger partial charge in [-0.15, -0.1) is 0 Å². The number of aromatic nitrogens is 6. The Labute approximate surface area is 134 Å². The van der Waals surface area contributed by atoms with Gasteiger partial charge < -0.3 is 14.9 Å². The fraction of sp³-hybridized carbons (Fsp3) is 0.133. The number of benzene rings is 1. The minimum absolute atomic E-state index is 0.0399. The Kier molecular flexibility index (Phi) is 3.19. The van der Waals surface area contributed by atoms with E-state index in [9.17, 15) is 9.18 Å². The summed E-state index contributed by atoms with van der Waals surface area (Å²) in [5.74, 6) is 0.447. The Bertz CT molecular complexity index is 1100. The van der Waals surface area contributed by atoms with Gasteiger partial charge in [-0.1, -0.05) is 6.07 Å². The van der Waals surface area contributed by atoms with Gasteiger partial charge in [-0.3, -0.25) is 4.79 Å². The number of imidazole rings is 1. The molecule has 1 aromatic carbocycles. The summed E-state index contributed by atoms with van der Waals surface area (Å²) >= 11 is 0. The first-order valence-corrected chi connectivity index (χ1v) is 7.16. The largest absolute Gasteiger partial charge is 0.350 e. The van der Waals surface area contributed by atoms with Crippen LogP contribution in [0.2, 0.25) is 0 Å². The van der Waals surface area contributed by atoms with E-state index >= 15 is 0 Å². The molecule has 0 aliphatic rings. The van der Waals surface area contributed by atoms with Crippen LogP contribution in [-0.2, 0) is 6.54 Å². The third-order valence-corrected chi connectivity index (χ3v) is 3.68. The van der Waals surface area contributed by atoms with E-state index < -0.39 is 11.4 Å². The molecule has 0 atom stereocenters. The highest BCUT2D eigenvalue weighted by Crippen LogP contribution is 2.19. The van der Waals surface area contributed by atoms with Crippen LogP contribution in [0.5, 0.6) is 0 Å². The SMILES string of the molecule is CN(Cc1nc2cccc(F)c2c(=O)[nH]1)c1ncnc2nc[nH]c12. The van der Waals surface area contributed by atoms with Crippen LogP contribution in [0.25, 0.3) is 22.1 Å². The van der Waals surface area contributed by atoms with E-state index in [1.165, 1.54) is 24.8 Å². The Hall–Kier alpha value is -3.36. The first-order valence-electron chi connectivity index (χ1n) is 7.16. The Morgan fingerprint density at radius 2 is 2.12 bits per heavy atom. The summed E-state index contributed by atoms with van der Waals surface area (Å²) in [7, 11) is 1.80. The highest BCUT2D eigenvalue weighted by Gasteiger charge is 2.13. The van der Waals surface area contributed by atoms with Gasteiger partial charge in [-0.2, -0.15) is 0 Å². The molecule has 0 amide bonds. The van der Waals surface area contributed by atoms with Crippen molar-refractivity contribution in [3.63, 3.8) is 0 Å². The van der Waals surface area contributed by atoms with Gasteiger partial charge in [0.05, 0.1) is 18.4 Å². The molecule has 0 aliphatic carbocycles. The Balaban J connectivity index is 1.74. The predicted molar refractivity (Wildman–Crippen MR) is 86.1 cm³/mol. The summed E-state index contributed by atoms with van der Waals surface area (Å²) in [4.78, 5) is 36.2. The van der Waals surface area contributed by atoms with Crippen LogP contribution in [0.1, 0.15) is 5.82 Å². The van der Waals surface area contributed by atoms with Crippen molar-refractivity contribution in [3.8, 4) is 0 Å². The molecule has 0 bridgehead atoms. The maximum absolute atomic E-state index is 13.7. The lowest BCUT2D eigenvalue weighted by Gasteiger charge is -2.17. The predicted octanol–water partition coefficient (Wildman–Crippen LogP) is 1.36. The second-order valence-electron chi connectivity index (χ2n) is 5.30.